The normalized spacial score (nSPS) is 25.1. The number of H-pyrrole nitrogens is 1. The van der Waals surface area contributed by atoms with Gasteiger partial charge in [-0.05, 0) is 61.7 Å². The van der Waals surface area contributed by atoms with Crippen molar-refractivity contribution in [1.29, 1.82) is 0 Å². The van der Waals surface area contributed by atoms with Gasteiger partial charge in [0.1, 0.15) is 11.4 Å². The summed E-state index contributed by atoms with van der Waals surface area (Å²) in [6, 6.07) is 4.42. The van der Waals surface area contributed by atoms with Crippen LogP contribution in [0, 0.1) is 6.92 Å². The van der Waals surface area contributed by atoms with Gasteiger partial charge in [0.05, 0.1) is 27.4 Å². The zero-order chi connectivity index (χ0) is 23.0. The molecule has 3 unspecified atom stereocenters. The average molecular weight is 496 g/mol. The molecule has 168 valence electrons. The lowest BCUT2D eigenvalue weighted by Gasteiger charge is -2.29. The Kier molecular flexibility index (Phi) is 6.45. The monoisotopic (exact) mass is 495 g/mol. The van der Waals surface area contributed by atoms with Gasteiger partial charge in [0.25, 0.3) is 16.7 Å². The van der Waals surface area contributed by atoms with Crippen LogP contribution in [0.5, 0.6) is 5.75 Å². The van der Waals surface area contributed by atoms with E-state index < -0.39 is 11.1 Å². The summed E-state index contributed by atoms with van der Waals surface area (Å²) in [4.78, 5) is 36.0. The highest BCUT2D eigenvalue weighted by molar-refractivity contribution is 8.18. The Morgan fingerprint density at radius 1 is 1.19 bits per heavy atom. The smallest absolute Gasteiger partial charge is 0.294 e. The number of aromatic hydroxyl groups is 1. The molecule has 2 aliphatic rings. The summed E-state index contributed by atoms with van der Waals surface area (Å²) in [5.74, 6) is -0.667. The number of nitrogens with one attached hydrogen (secondary N) is 2. The molecule has 12 heteroatoms. The van der Waals surface area contributed by atoms with Crippen LogP contribution in [-0.4, -0.2) is 36.8 Å². The first-order valence-corrected chi connectivity index (χ1v) is 11.5. The molecule has 0 bridgehead atoms. The maximum absolute atomic E-state index is 12.9. The fraction of sp³-hybridized carbons (Fsp3) is 0.350. The van der Waals surface area contributed by atoms with Gasteiger partial charge >= 0.3 is 0 Å². The third-order valence-electron chi connectivity index (χ3n) is 5.29. The number of hydrogen-bond donors (Lipinski definition) is 3. The largest absolute Gasteiger partial charge is 0.506 e. The van der Waals surface area contributed by atoms with Crippen LogP contribution in [0.1, 0.15) is 36.6 Å². The summed E-state index contributed by atoms with van der Waals surface area (Å²) in [5.41, 5.74) is 1.05. The minimum Gasteiger partial charge on any atom is -0.506 e. The van der Waals surface area contributed by atoms with E-state index in [0.717, 1.165) is 18.2 Å². The molecule has 2 heterocycles. The number of phenolic OH excluding ortho intramolecular Hbond substituents is 1. The number of carbonyl (C=O) groups excluding carboxylic acids is 2. The van der Waals surface area contributed by atoms with Crippen LogP contribution in [0.4, 0.5) is 16.2 Å². The summed E-state index contributed by atoms with van der Waals surface area (Å²) in [5, 5.41) is 22.8. The fourth-order valence-electron chi connectivity index (χ4n) is 3.62. The molecule has 1 aromatic carbocycles. The van der Waals surface area contributed by atoms with Crippen LogP contribution in [0.15, 0.2) is 38.1 Å². The van der Waals surface area contributed by atoms with E-state index in [1.54, 1.807) is 13.0 Å². The number of benzene rings is 1. The van der Waals surface area contributed by atoms with E-state index in [4.69, 9.17) is 23.2 Å². The van der Waals surface area contributed by atoms with Gasteiger partial charge in [-0.3, -0.25) is 24.8 Å². The molecule has 4 rings (SSSR count). The Morgan fingerprint density at radius 3 is 2.62 bits per heavy atom. The predicted molar refractivity (Wildman–Crippen MR) is 123 cm³/mol. The zero-order valence-electron chi connectivity index (χ0n) is 16.8. The second kappa shape index (κ2) is 9.13. The van der Waals surface area contributed by atoms with Gasteiger partial charge in [0, 0.05) is 0 Å². The van der Waals surface area contributed by atoms with Crippen LogP contribution in [0.25, 0.3) is 6.08 Å². The van der Waals surface area contributed by atoms with E-state index >= 15 is 0 Å². The van der Waals surface area contributed by atoms with Crippen molar-refractivity contribution < 1.29 is 14.7 Å². The van der Waals surface area contributed by atoms with Crippen LogP contribution in [-0.2, 0) is 4.79 Å². The maximum atomic E-state index is 12.9. The molecule has 1 saturated heterocycles. The summed E-state index contributed by atoms with van der Waals surface area (Å²) in [6.45, 7) is 1.72. The quantitative estimate of drug-likeness (QED) is 0.316. The number of carbonyl (C=O) groups is 2. The molecule has 3 N–H and O–H groups in total. The minimum atomic E-state index is -0.484. The molecule has 1 aromatic heterocycles. The first kappa shape index (κ1) is 22.6. The van der Waals surface area contributed by atoms with E-state index in [9.17, 15) is 19.5 Å². The van der Waals surface area contributed by atoms with Crippen molar-refractivity contribution in [3.8, 4) is 5.75 Å². The second-order valence-corrected chi connectivity index (χ2v) is 9.70. The molecule has 2 amide bonds. The molecule has 1 aliphatic carbocycles. The lowest BCUT2D eigenvalue weighted by atomic mass is 9.95. The number of alkyl halides is 2. The Bertz CT molecular complexity index is 1210. The highest BCUT2D eigenvalue weighted by atomic mass is 35.5. The minimum absolute atomic E-state index is 0.0964. The molecule has 3 atom stereocenters. The number of nitrogens with zero attached hydrogens (tertiary/aromatic N) is 3. The van der Waals surface area contributed by atoms with Crippen molar-refractivity contribution in [3.63, 3.8) is 0 Å². The van der Waals surface area contributed by atoms with Crippen molar-refractivity contribution in [2.45, 2.75) is 43.0 Å². The highest BCUT2D eigenvalue weighted by Gasteiger charge is 2.30. The Balaban J connectivity index is 1.54. The lowest BCUT2D eigenvalue weighted by Crippen LogP contribution is -2.32. The number of phenols is 1. The number of aromatic nitrogens is 2. The second-order valence-electron chi connectivity index (χ2n) is 7.56. The predicted octanol–water partition coefficient (Wildman–Crippen LogP) is 4.87. The molecule has 2 fully saturated rings. The van der Waals surface area contributed by atoms with Crippen LogP contribution >= 0.6 is 35.0 Å². The first-order chi connectivity index (χ1) is 15.2. The summed E-state index contributed by atoms with van der Waals surface area (Å²) >= 11 is 13.2. The van der Waals surface area contributed by atoms with Gasteiger partial charge in [0.2, 0.25) is 0 Å². The Hall–Kier alpha value is -2.56. The molecular weight excluding hydrogens is 477 g/mol. The SMILES string of the molecule is Cc1[nH]n(C2CCC(Cl)C(Cl)C2)c(=O)c1N=Nc1ccc(/C=C2\SC(=O)NC2=O)cc1O. The van der Waals surface area contributed by atoms with Gasteiger partial charge in [-0.1, -0.05) is 6.07 Å². The topological polar surface area (TPSA) is 129 Å². The fourth-order valence-corrected chi connectivity index (χ4v) is 4.86. The van der Waals surface area contributed by atoms with Crippen molar-refractivity contribution in [2.24, 2.45) is 10.2 Å². The lowest BCUT2D eigenvalue weighted by molar-refractivity contribution is -0.115. The number of hydrogen-bond acceptors (Lipinski definition) is 7. The van der Waals surface area contributed by atoms with Gasteiger partial charge in [-0.2, -0.15) is 0 Å². The first-order valence-electron chi connectivity index (χ1n) is 9.82. The van der Waals surface area contributed by atoms with Gasteiger partial charge in [-0.25, -0.2) is 4.68 Å². The molecular formula is C20H19Cl2N5O4S. The molecule has 1 aliphatic heterocycles. The van der Waals surface area contributed by atoms with Crippen molar-refractivity contribution in [3.05, 3.63) is 44.7 Å². The summed E-state index contributed by atoms with van der Waals surface area (Å²) in [7, 11) is 0. The highest BCUT2D eigenvalue weighted by Crippen LogP contribution is 2.35. The van der Waals surface area contributed by atoms with Gasteiger partial charge in [0.15, 0.2) is 5.69 Å². The van der Waals surface area contributed by atoms with Gasteiger partial charge < -0.3 is 5.11 Å². The number of imide groups is 1. The van der Waals surface area contributed by atoms with Crippen molar-refractivity contribution >= 4 is 63.6 Å². The third kappa shape index (κ3) is 4.62. The number of amides is 2. The van der Waals surface area contributed by atoms with Crippen LogP contribution in [0.3, 0.4) is 0 Å². The van der Waals surface area contributed by atoms with E-state index in [2.05, 4.69) is 20.6 Å². The number of azo groups is 1. The summed E-state index contributed by atoms with van der Waals surface area (Å²) in [6.07, 6.45) is 3.51. The standard InChI is InChI=1S/C20H19Cl2N5O4S/c1-9-17(19(30)27(26-9)11-3-4-12(21)13(22)8-11)25-24-14-5-2-10(6-15(14)28)7-16-18(29)23-20(31)32-16/h2,5-7,11-13,26,28H,3-4,8H2,1H3,(H,23,29,31)/b16-7-,25-24?. The number of aromatic amines is 1. The van der Waals surface area contributed by atoms with E-state index in [-0.39, 0.29) is 44.4 Å². The molecule has 2 aromatic rings. The molecule has 0 radical (unpaired) electrons. The number of thioether (sulfide) groups is 1. The van der Waals surface area contributed by atoms with Crippen LogP contribution < -0.4 is 10.9 Å². The van der Waals surface area contributed by atoms with Gasteiger partial charge in [-0.15, -0.1) is 33.4 Å². The van der Waals surface area contributed by atoms with Crippen LogP contribution in [0.2, 0.25) is 0 Å². The summed E-state index contributed by atoms with van der Waals surface area (Å²) < 4.78 is 1.52. The van der Waals surface area contributed by atoms with Crippen molar-refractivity contribution in [1.82, 2.24) is 15.1 Å². The number of rotatable bonds is 4. The van der Waals surface area contributed by atoms with E-state index in [1.807, 2.05) is 0 Å². The number of aryl methyl sites for hydroxylation is 1. The molecule has 0 spiro atoms. The van der Waals surface area contributed by atoms with E-state index in [0.29, 0.717) is 24.1 Å². The zero-order valence-corrected chi connectivity index (χ0v) is 19.2. The average Bonchev–Trinajstić information content (AvgIpc) is 3.20. The third-order valence-corrected chi connectivity index (χ3v) is 7.24. The van der Waals surface area contributed by atoms with E-state index in [1.165, 1.54) is 22.9 Å². The van der Waals surface area contributed by atoms with Crippen molar-refractivity contribution in [2.75, 3.05) is 0 Å². The maximum Gasteiger partial charge on any atom is 0.294 e. The number of halogens is 2. The molecule has 9 nitrogen and oxygen atoms in total. The molecule has 1 saturated carbocycles. The molecule has 32 heavy (non-hydrogen) atoms. The Labute approximate surface area is 196 Å². The Morgan fingerprint density at radius 2 is 1.97 bits per heavy atom.